The Hall–Kier alpha value is -1.18. The third kappa shape index (κ3) is 2.44. The highest BCUT2D eigenvalue weighted by molar-refractivity contribution is 5.62. The number of alkyl halides is 2. The summed E-state index contributed by atoms with van der Waals surface area (Å²) in [5.74, 6) is -3.47. The Morgan fingerprint density at radius 1 is 1.33 bits per heavy atom. The van der Waals surface area contributed by atoms with Crippen LogP contribution in [0.3, 0.4) is 0 Å². The quantitative estimate of drug-likeness (QED) is 0.690. The smallest absolute Gasteiger partial charge is 0.201 e. The molecule has 0 saturated carbocycles. The number of hydrogen-bond acceptors (Lipinski definition) is 0. The third-order valence-corrected chi connectivity index (χ3v) is 2.47. The minimum atomic E-state index is -2.77. The fraction of sp³-hybridized carbons (Fsp3) is 0.385. The molecule has 0 aliphatic heterocycles. The minimum Gasteiger partial charge on any atom is -0.201 e. The van der Waals surface area contributed by atoms with E-state index in [0.29, 0.717) is 0 Å². The van der Waals surface area contributed by atoms with Crippen LogP contribution in [0.5, 0.6) is 0 Å². The van der Waals surface area contributed by atoms with Gasteiger partial charge in [-0.3, -0.25) is 0 Å². The van der Waals surface area contributed by atoms with Crippen molar-refractivity contribution in [2.75, 3.05) is 0 Å². The van der Waals surface area contributed by atoms with Crippen molar-refractivity contribution in [3.05, 3.63) is 42.0 Å². The first-order valence-electron chi connectivity index (χ1n) is 5.00. The lowest BCUT2D eigenvalue weighted by Crippen LogP contribution is -2.20. The molecule has 1 aromatic rings. The molecule has 0 nitrogen and oxygen atoms in total. The molecule has 1 rings (SSSR count). The maximum Gasteiger partial charge on any atom is 0.275 e. The fourth-order valence-corrected chi connectivity index (χ4v) is 1.33. The van der Waals surface area contributed by atoms with E-state index in [1.54, 1.807) is 12.1 Å². The number of allylic oxidation sites excluding steroid dienone is 1. The van der Waals surface area contributed by atoms with Crippen LogP contribution in [0.15, 0.2) is 30.8 Å². The molecule has 0 N–H and O–H groups in total. The highest BCUT2D eigenvalue weighted by Gasteiger charge is 2.35. The van der Waals surface area contributed by atoms with Gasteiger partial charge in [0.25, 0.3) is 5.92 Å². The minimum absolute atomic E-state index is 0.0676. The van der Waals surface area contributed by atoms with Crippen molar-refractivity contribution in [3.63, 3.8) is 0 Å². The van der Waals surface area contributed by atoms with Crippen LogP contribution in [0.2, 0.25) is 0 Å². The van der Waals surface area contributed by atoms with E-state index >= 15 is 0 Å². The Kier molecular flexibility index (Phi) is 3.28. The van der Waals surface area contributed by atoms with E-state index in [-0.39, 0.29) is 5.56 Å². The van der Waals surface area contributed by atoms with Crippen molar-refractivity contribution in [1.82, 2.24) is 0 Å². The van der Waals surface area contributed by atoms with Gasteiger partial charge in [-0.15, -0.1) is 0 Å². The van der Waals surface area contributed by atoms with Gasteiger partial charge in [0.05, 0.1) is 0 Å². The summed E-state index contributed by atoms with van der Waals surface area (Å²) in [4.78, 5) is 0. The van der Waals surface area contributed by atoms with Crippen LogP contribution in [0.1, 0.15) is 31.9 Å². The molecule has 0 radical (unpaired) electrons. The molecule has 2 heteroatoms. The summed E-state index contributed by atoms with van der Waals surface area (Å²) in [5.41, 5.74) is 1.64. The van der Waals surface area contributed by atoms with E-state index < -0.39 is 11.8 Å². The third-order valence-electron chi connectivity index (χ3n) is 2.47. The van der Waals surface area contributed by atoms with Gasteiger partial charge in [0.2, 0.25) is 0 Å². The first-order valence-corrected chi connectivity index (χ1v) is 5.00. The molecule has 0 bridgehead atoms. The molecule has 82 valence electrons. The van der Waals surface area contributed by atoms with Crippen molar-refractivity contribution in [2.45, 2.75) is 26.7 Å². The van der Waals surface area contributed by atoms with Gasteiger partial charge in [-0.25, -0.2) is 8.78 Å². The second kappa shape index (κ2) is 4.13. The number of hydrogen-bond donors (Lipinski definition) is 0. The van der Waals surface area contributed by atoms with Crippen molar-refractivity contribution in [2.24, 2.45) is 5.92 Å². The van der Waals surface area contributed by atoms with Crippen molar-refractivity contribution < 1.29 is 8.78 Å². The monoisotopic (exact) mass is 210 g/mol. The molecule has 0 fully saturated rings. The zero-order chi connectivity index (χ0) is 11.6. The summed E-state index contributed by atoms with van der Waals surface area (Å²) < 4.78 is 27.4. The second-order valence-electron chi connectivity index (χ2n) is 4.14. The Morgan fingerprint density at radius 2 is 1.93 bits per heavy atom. The summed E-state index contributed by atoms with van der Waals surface area (Å²) in [6, 6.07) is 6.42. The molecule has 0 atom stereocenters. The summed E-state index contributed by atoms with van der Waals surface area (Å²) in [6.45, 7) is 8.60. The Labute approximate surface area is 89.6 Å². The summed E-state index contributed by atoms with van der Waals surface area (Å²) in [5, 5.41) is 0. The Bertz CT molecular complexity index is 365. The van der Waals surface area contributed by atoms with Gasteiger partial charge in [0, 0.05) is 11.5 Å². The molecular formula is C13H16F2. The Balaban J connectivity index is 3.16. The van der Waals surface area contributed by atoms with E-state index in [2.05, 4.69) is 6.58 Å². The molecule has 1 aromatic carbocycles. The molecule has 0 aromatic heterocycles. The van der Waals surface area contributed by atoms with Gasteiger partial charge >= 0.3 is 0 Å². The van der Waals surface area contributed by atoms with Crippen LogP contribution in [-0.2, 0) is 5.92 Å². The van der Waals surface area contributed by atoms with Gasteiger partial charge in [0.1, 0.15) is 0 Å². The maximum absolute atomic E-state index is 13.7. The maximum atomic E-state index is 13.7. The fourth-order valence-electron chi connectivity index (χ4n) is 1.33. The SMILES string of the molecule is C=C(C)c1cccc(C(F)(F)C(C)C)c1. The molecule has 0 aliphatic rings. The van der Waals surface area contributed by atoms with Crippen LogP contribution in [0, 0.1) is 5.92 Å². The molecule has 15 heavy (non-hydrogen) atoms. The normalized spacial score (nSPS) is 11.9. The van der Waals surface area contributed by atoms with Crippen LogP contribution in [-0.4, -0.2) is 0 Å². The molecule has 0 spiro atoms. The summed E-state index contributed by atoms with van der Waals surface area (Å²) >= 11 is 0. The molecule has 0 saturated heterocycles. The predicted molar refractivity (Wildman–Crippen MR) is 59.9 cm³/mol. The van der Waals surface area contributed by atoms with Crippen LogP contribution in [0.25, 0.3) is 5.57 Å². The number of rotatable bonds is 3. The van der Waals surface area contributed by atoms with E-state index in [1.807, 2.05) is 6.92 Å². The summed E-state index contributed by atoms with van der Waals surface area (Å²) in [6.07, 6.45) is 0. The van der Waals surface area contributed by atoms with E-state index in [9.17, 15) is 8.78 Å². The predicted octanol–water partition coefficient (Wildman–Crippen LogP) is 4.47. The standard InChI is InChI=1S/C13H16F2/c1-9(2)11-6-5-7-12(8-11)13(14,15)10(3)4/h5-8,10H,1H2,2-4H3. The molecule has 0 heterocycles. The van der Waals surface area contributed by atoms with Gasteiger partial charge in [-0.05, 0) is 18.6 Å². The van der Waals surface area contributed by atoms with Crippen molar-refractivity contribution in [1.29, 1.82) is 0 Å². The van der Waals surface area contributed by atoms with Crippen LogP contribution < -0.4 is 0 Å². The highest BCUT2D eigenvalue weighted by Crippen LogP contribution is 2.36. The van der Waals surface area contributed by atoms with Gasteiger partial charge < -0.3 is 0 Å². The molecule has 0 amide bonds. The summed E-state index contributed by atoms with van der Waals surface area (Å²) in [7, 11) is 0. The Morgan fingerprint density at radius 3 is 2.40 bits per heavy atom. The zero-order valence-electron chi connectivity index (χ0n) is 9.35. The van der Waals surface area contributed by atoms with E-state index in [0.717, 1.165) is 11.1 Å². The zero-order valence-corrected chi connectivity index (χ0v) is 9.35. The van der Waals surface area contributed by atoms with Gasteiger partial charge in [-0.1, -0.05) is 44.2 Å². The lowest BCUT2D eigenvalue weighted by molar-refractivity contribution is -0.0513. The highest BCUT2D eigenvalue weighted by atomic mass is 19.3. The van der Waals surface area contributed by atoms with Crippen LogP contribution >= 0.6 is 0 Å². The second-order valence-corrected chi connectivity index (χ2v) is 4.14. The number of halogens is 2. The topological polar surface area (TPSA) is 0 Å². The van der Waals surface area contributed by atoms with E-state index in [1.165, 1.54) is 26.0 Å². The first kappa shape index (κ1) is 11.9. The van der Waals surface area contributed by atoms with Crippen LogP contribution in [0.4, 0.5) is 8.78 Å². The average Bonchev–Trinajstić information content (AvgIpc) is 2.17. The largest absolute Gasteiger partial charge is 0.275 e. The molecule has 0 unspecified atom stereocenters. The average molecular weight is 210 g/mol. The van der Waals surface area contributed by atoms with Crippen molar-refractivity contribution in [3.8, 4) is 0 Å². The van der Waals surface area contributed by atoms with E-state index in [4.69, 9.17) is 0 Å². The first-order chi connectivity index (χ1) is 6.85. The molecular weight excluding hydrogens is 194 g/mol. The lowest BCUT2D eigenvalue weighted by atomic mass is 9.95. The lowest BCUT2D eigenvalue weighted by Gasteiger charge is -2.21. The molecule has 0 aliphatic carbocycles. The number of benzene rings is 1. The van der Waals surface area contributed by atoms with Gasteiger partial charge in [0.15, 0.2) is 0 Å². The van der Waals surface area contributed by atoms with Crippen molar-refractivity contribution >= 4 is 5.57 Å². The van der Waals surface area contributed by atoms with Gasteiger partial charge in [-0.2, -0.15) is 0 Å².